The van der Waals surface area contributed by atoms with E-state index in [4.69, 9.17) is 16.9 Å². The Kier molecular flexibility index (Phi) is 7.84. The molecule has 0 aliphatic heterocycles. The van der Waals surface area contributed by atoms with E-state index in [2.05, 4.69) is 30.6 Å². The van der Waals surface area contributed by atoms with Gasteiger partial charge in [0.15, 0.2) is 0 Å². The van der Waals surface area contributed by atoms with Gasteiger partial charge in [-0.05, 0) is 48.7 Å². The van der Waals surface area contributed by atoms with Crippen LogP contribution < -0.4 is 10.6 Å². The van der Waals surface area contributed by atoms with Gasteiger partial charge in [0.1, 0.15) is 16.9 Å². The molecule has 4 heterocycles. The van der Waals surface area contributed by atoms with Gasteiger partial charge in [0.25, 0.3) is 0 Å². The topological polar surface area (TPSA) is 116 Å². The van der Waals surface area contributed by atoms with Crippen LogP contribution in [0.15, 0.2) is 61.2 Å². The van der Waals surface area contributed by atoms with Crippen LogP contribution in [0.4, 0.5) is 16.2 Å². The molecule has 0 radical (unpaired) electrons. The molecule has 0 unspecified atom stereocenters. The molecule has 4 rings (SSSR count). The molecule has 0 fully saturated rings. The van der Waals surface area contributed by atoms with Gasteiger partial charge in [-0.2, -0.15) is 5.26 Å². The van der Waals surface area contributed by atoms with Gasteiger partial charge in [0.05, 0.1) is 22.9 Å². The van der Waals surface area contributed by atoms with E-state index in [1.807, 2.05) is 39.0 Å². The maximum absolute atomic E-state index is 12.2. The molecular formula is C24H22ClN7O. The molecule has 0 spiro atoms. The fourth-order valence-electron chi connectivity index (χ4n) is 3.00. The third-order valence-electron chi connectivity index (χ3n) is 4.51. The number of carbonyl (C=O) groups excluding carboxylic acids is 1. The maximum Gasteiger partial charge on any atom is 0.323 e. The molecule has 2 N–H and O–H groups in total. The number of halogens is 1. The molecule has 33 heavy (non-hydrogen) atoms. The number of aryl methyl sites for hydroxylation is 1. The van der Waals surface area contributed by atoms with Crippen LogP contribution in [0.3, 0.4) is 0 Å². The van der Waals surface area contributed by atoms with Gasteiger partial charge in [0.2, 0.25) is 0 Å². The molecular weight excluding hydrogens is 438 g/mol. The number of rotatable bonds is 3. The van der Waals surface area contributed by atoms with E-state index in [-0.39, 0.29) is 11.9 Å². The molecule has 0 saturated heterocycles. The van der Waals surface area contributed by atoms with Gasteiger partial charge in [-0.1, -0.05) is 31.5 Å². The van der Waals surface area contributed by atoms with Crippen LogP contribution >= 0.6 is 11.6 Å². The van der Waals surface area contributed by atoms with Crippen LogP contribution in [0.2, 0.25) is 5.15 Å². The smallest absolute Gasteiger partial charge is 0.308 e. The average Bonchev–Trinajstić information content (AvgIpc) is 2.80. The van der Waals surface area contributed by atoms with Crippen molar-refractivity contribution in [3.05, 3.63) is 83.2 Å². The maximum atomic E-state index is 12.2. The molecule has 0 aliphatic carbocycles. The fraction of sp³-hybridized carbons (Fsp3) is 0.167. The van der Waals surface area contributed by atoms with Crippen LogP contribution in [0.1, 0.15) is 36.6 Å². The molecule has 0 atom stereocenters. The Bertz CT molecular complexity index is 1290. The summed E-state index contributed by atoms with van der Waals surface area (Å²) >= 11 is 6.02. The summed E-state index contributed by atoms with van der Waals surface area (Å²) < 4.78 is 0. The van der Waals surface area contributed by atoms with Crippen molar-refractivity contribution < 1.29 is 4.79 Å². The molecule has 2 amide bonds. The Morgan fingerprint density at radius 2 is 1.79 bits per heavy atom. The van der Waals surface area contributed by atoms with Crippen molar-refractivity contribution in [1.29, 1.82) is 5.26 Å². The van der Waals surface area contributed by atoms with Crippen LogP contribution in [0.25, 0.3) is 11.0 Å². The van der Waals surface area contributed by atoms with Crippen LogP contribution in [-0.2, 0) is 0 Å². The van der Waals surface area contributed by atoms with Crippen LogP contribution in [-0.4, -0.2) is 26.0 Å². The predicted octanol–water partition coefficient (Wildman–Crippen LogP) is 5.71. The van der Waals surface area contributed by atoms with E-state index < -0.39 is 0 Å². The number of urea groups is 1. The first-order valence-electron chi connectivity index (χ1n) is 10.1. The molecule has 4 aromatic rings. The Labute approximate surface area is 196 Å². The van der Waals surface area contributed by atoms with E-state index in [0.717, 1.165) is 16.6 Å². The summed E-state index contributed by atoms with van der Waals surface area (Å²) in [6, 6.07) is 12.1. The van der Waals surface area contributed by atoms with Crippen molar-refractivity contribution in [3.63, 3.8) is 0 Å². The second kappa shape index (κ2) is 11.0. The Morgan fingerprint density at radius 3 is 2.42 bits per heavy atom. The van der Waals surface area contributed by atoms with Crippen molar-refractivity contribution in [2.45, 2.75) is 26.7 Å². The summed E-state index contributed by atoms with van der Waals surface area (Å²) in [7, 11) is 0. The number of fused-ring (bicyclic) bond motifs is 1. The first-order chi connectivity index (χ1) is 15.9. The van der Waals surface area contributed by atoms with E-state index in [1.54, 1.807) is 49.1 Å². The average molecular weight is 460 g/mol. The number of hydrogen-bond acceptors (Lipinski definition) is 6. The number of nitrogens with zero attached hydrogens (tertiary/aromatic N) is 5. The number of carbonyl (C=O) groups is 1. The van der Waals surface area contributed by atoms with Crippen LogP contribution in [0, 0.1) is 18.3 Å². The highest BCUT2D eigenvalue weighted by Crippen LogP contribution is 2.30. The molecule has 166 valence electrons. The van der Waals surface area contributed by atoms with E-state index >= 15 is 0 Å². The number of aromatic nitrogens is 4. The van der Waals surface area contributed by atoms with E-state index in [1.165, 1.54) is 0 Å². The highest BCUT2D eigenvalue weighted by molar-refractivity contribution is 6.29. The SMILES string of the molecule is CC(C)c1c(NC(=O)Nc2ccncc2)cnc2ccc(Cl)nc12.Cc1ccc(C#N)nc1. The van der Waals surface area contributed by atoms with Crippen LogP contribution in [0.5, 0.6) is 0 Å². The highest BCUT2D eigenvalue weighted by atomic mass is 35.5. The zero-order valence-electron chi connectivity index (χ0n) is 18.4. The van der Waals surface area contributed by atoms with Gasteiger partial charge < -0.3 is 10.6 Å². The highest BCUT2D eigenvalue weighted by Gasteiger charge is 2.16. The monoisotopic (exact) mass is 459 g/mol. The second-order valence-electron chi connectivity index (χ2n) is 7.39. The molecule has 0 saturated carbocycles. The van der Waals surface area contributed by atoms with E-state index in [0.29, 0.717) is 27.7 Å². The Morgan fingerprint density at radius 1 is 1.03 bits per heavy atom. The van der Waals surface area contributed by atoms with Crippen molar-refractivity contribution >= 4 is 40.0 Å². The quantitative estimate of drug-likeness (QED) is 0.379. The minimum Gasteiger partial charge on any atom is -0.308 e. The van der Waals surface area contributed by atoms with Gasteiger partial charge >= 0.3 is 6.03 Å². The van der Waals surface area contributed by atoms with E-state index in [9.17, 15) is 4.79 Å². The molecule has 0 aliphatic rings. The summed E-state index contributed by atoms with van der Waals surface area (Å²) in [5.41, 5.74) is 5.15. The third-order valence-corrected chi connectivity index (χ3v) is 4.72. The van der Waals surface area contributed by atoms with Gasteiger partial charge in [-0.15, -0.1) is 0 Å². The molecule has 0 aromatic carbocycles. The lowest BCUT2D eigenvalue weighted by atomic mass is 10.0. The first-order valence-corrected chi connectivity index (χ1v) is 10.5. The largest absolute Gasteiger partial charge is 0.323 e. The lowest BCUT2D eigenvalue weighted by Crippen LogP contribution is -2.20. The summed E-state index contributed by atoms with van der Waals surface area (Å²) in [5.74, 6) is 0.137. The number of amides is 2. The van der Waals surface area contributed by atoms with Crippen molar-refractivity contribution in [2.24, 2.45) is 0 Å². The van der Waals surface area contributed by atoms with Gasteiger partial charge in [-0.3, -0.25) is 9.97 Å². The zero-order chi connectivity index (χ0) is 23.8. The first kappa shape index (κ1) is 23.6. The minimum atomic E-state index is -0.355. The zero-order valence-corrected chi connectivity index (χ0v) is 19.1. The molecule has 0 bridgehead atoms. The lowest BCUT2D eigenvalue weighted by Gasteiger charge is -2.16. The Hall–Kier alpha value is -4.09. The van der Waals surface area contributed by atoms with Gasteiger partial charge in [0, 0.05) is 29.8 Å². The number of pyridine rings is 4. The fourth-order valence-corrected chi connectivity index (χ4v) is 3.15. The van der Waals surface area contributed by atoms with Crippen molar-refractivity contribution in [3.8, 4) is 6.07 Å². The Balaban J connectivity index is 0.000000286. The molecule has 8 nitrogen and oxygen atoms in total. The van der Waals surface area contributed by atoms with Gasteiger partial charge in [-0.25, -0.2) is 14.8 Å². The minimum absolute atomic E-state index is 0.137. The summed E-state index contributed by atoms with van der Waals surface area (Å²) in [4.78, 5) is 28.7. The normalized spacial score (nSPS) is 10.2. The number of anilines is 2. The van der Waals surface area contributed by atoms with Crippen molar-refractivity contribution in [2.75, 3.05) is 10.6 Å². The summed E-state index contributed by atoms with van der Waals surface area (Å²) in [6.07, 6.45) is 6.54. The number of hydrogen-bond donors (Lipinski definition) is 2. The number of nitriles is 1. The summed E-state index contributed by atoms with van der Waals surface area (Å²) in [5, 5.41) is 14.3. The second-order valence-corrected chi connectivity index (χ2v) is 7.78. The number of nitrogens with one attached hydrogen (secondary N) is 2. The molecule has 4 aromatic heterocycles. The lowest BCUT2D eigenvalue weighted by molar-refractivity contribution is 0.262. The predicted molar refractivity (Wildman–Crippen MR) is 129 cm³/mol. The third kappa shape index (κ3) is 6.45. The standard InChI is InChI=1S/C17H16ClN5O.C7H6N2/c1-10(2)15-13(9-20-12-3-4-14(18)23-16(12)15)22-17(24)21-11-5-7-19-8-6-11;1-6-2-3-7(4-8)9-5-6/h3-10H,1-2H3,(H2,19,21,22,24);2-3,5H,1H3. The van der Waals surface area contributed by atoms with Crippen molar-refractivity contribution in [1.82, 2.24) is 19.9 Å². The molecule has 9 heteroatoms. The summed E-state index contributed by atoms with van der Waals surface area (Å²) in [6.45, 7) is 6.00.